The first-order valence-corrected chi connectivity index (χ1v) is 10.4. The van der Waals surface area contributed by atoms with Crippen molar-refractivity contribution >= 4 is 23.4 Å². The molecule has 0 unspecified atom stereocenters. The van der Waals surface area contributed by atoms with Gasteiger partial charge in [-0.25, -0.2) is 4.90 Å². The summed E-state index contributed by atoms with van der Waals surface area (Å²) in [6, 6.07) is 15.1. The fourth-order valence-electron chi connectivity index (χ4n) is 3.57. The van der Waals surface area contributed by atoms with Crippen LogP contribution in [0.4, 0.5) is 18.9 Å². The number of halogens is 3. The maximum absolute atomic E-state index is 12.9. The molecule has 174 valence electrons. The minimum absolute atomic E-state index is 0.000757. The molecule has 3 amide bonds. The third-order valence-electron chi connectivity index (χ3n) is 5.29. The molecule has 1 N–H and O–H groups in total. The van der Waals surface area contributed by atoms with Crippen molar-refractivity contribution in [2.75, 3.05) is 11.5 Å². The average Bonchev–Trinajstić information content (AvgIpc) is 3.07. The third-order valence-corrected chi connectivity index (χ3v) is 5.29. The molecule has 0 fully saturated rings. The highest BCUT2D eigenvalue weighted by Gasteiger charge is 2.37. The summed E-state index contributed by atoms with van der Waals surface area (Å²) in [5, 5.41) is 2.61. The van der Waals surface area contributed by atoms with Crippen LogP contribution >= 0.6 is 0 Å². The number of alkyl halides is 3. The average molecular weight is 468 g/mol. The molecule has 4 rings (SSSR count). The lowest BCUT2D eigenvalue weighted by molar-refractivity contribution is -0.137. The number of carbonyl (C=O) groups is 3. The smallest absolute Gasteiger partial charge is 0.416 e. The number of hydrogen-bond acceptors (Lipinski definition) is 4. The normalized spacial score (nSPS) is 13.1. The van der Waals surface area contributed by atoms with Gasteiger partial charge in [-0.1, -0.05) is 12.1 Å². The zero-order chi connectivity index (χ0) is 24.5. The molecule has 0 aromatic heterocycles. The van der Waals surface area contributed by atoms with Crippen molar-refractivity contribution in [3.05, 3.63) is 94.5 Å². The lowest BCUT2D eigenvalue weighted by Gasteiger charge is -2.14. The van der Waals surface area contributed by atoms with Gasteiger partial charge >= 0.3 is 6.18 Å². The van der Waals surface area contributed by atoms with E-state index in [0.717, 1.165) is 17.0 Å². The Kier molecular flexibility index (Phi) is 6.10. The molecule has 0 atom stereocenters. The maximum atomic E-state index is 12.9. The molecule has 9 heteroatoms. The highest BCUT2D eigenvalue weighted by molar-refractivity contribution is 6.34. The van der Waals surface area contributed by atoms with E-state index in [9.17, 15) is 27.6 Å². The molecule has 0 bridgehead atoms. The van der Waals surface area contributed by atoms with Gasteiger partial charge in [0.25, 0.3) is 17.7 Å². The molecule has 0 spiro atoms. The van der Waals surface area contributed by atoms with E-state index in [4.69, 9.17) is 4.74 Å². The fraction of sp³-hybridized carbons (Fsp3) is 0.160. The van der Waals surface area contributed by atoms with Crippen LogP contribution in [0, 0.1) is 0 Å². The Hall–Kier alpha value is -4.14. The van der Waals surface area contributed by atoms with Crippen LogP contribution in [0.15, 0.2) is 66.7 Å². The van der Waals surface area contributed by atoms with E-state index in [1.54, 1.807) is 24.3 Å². The largest absolute Gasteiger partial charge is 0.494 e. The van der Waals surface area contributed by atoms with Crippen molar-refractivity contribution < 1.29 is 32.3 Å². The molecule has 0 saturated carbocycles. The van der Waals surface area contributed by atoms with Crippen LogP contribution in [0.3, 0.4) is 0 Å². The van der Waals surface area contributed by atoms with E-state index in [1.807, 2.05) is 6.92 Å². The Balaban J connectivity index is 1.47. The number of nitrogens with zero attached hydrogens (tertiary/aromatic N) is 1. The van der Waals surface area contributed by atoms with Crippen LogP contribution in [-0.2, 0) is 12.7 Å². The molecule has 6 nitrogen and oxygen atoms in total. The van der Waals surface area contributed by atoms with Gasteiger partial charge in [-0.2, -0.15) is 13.2 Å². The zero-order valence-corrected chi connectivity index (χ0v) is 18.0. The van der Waals surface area contributed by atoms with Crippen LogP contribution in [0.5, 0.6) is 5.75 Å². The fourth-order valence-corrected chi connectivity index (χ4v) is 3.57. The van der Waals surface area contributed by atoms with Crippen molar-refractivity contribution in [1.29, 1.82) is 0 Å². The van der Waals surface area contributed by atoms with Crippen LogP contribution in [-0.4, -0.2) is 24.3 Å². The number of rotatable bonds is 6. The molecule has 3 aromatic carbocycles. The van der Waals surface area contributed by atoms with E-state index in [1.165, 1.54) is 30.3 Å². The summed E-state index contributed by atoms with van der Waals surface area (Å²) in [5.74, 6) is -0.972. The van der Waals surface area contributed by atoms with Crippen molar-refractivity contribution in [3.8, 4) is 5.75 Å². The number of benzene rings is 3. The van der Waals surface area contributed by atoms with Crippen molar-refractivity contribution in [1.82, 2.24) is 5.32 Å². The van der Waals surface area contributed by atoms with E-state index in [-0.39, 0.29) is 23.2 Å². The molecule has 34 heavy (non-hydrogen) atoms. The van der Waals surface area contributed by atoms with Crippen molar-refractivity contribution in [2.24, 2.45) is 0 Å². The molecular formula is C25H19F3N2O4. The molecular weight excluding hydrogens is 449 g/mol. The lowest BCUT2D eigenvalue weighted by atomic mass is 10.1. The zero-order valence-electron chi connectivity index (χ0n) is 18.0. The molecule has 3 aromatic rings. The van der Waals surface area contributed by atoms with E-state index < -0.39 is 29.5 Å². The predicted octanol–water partition coefficient (Wildman–Crippen LogP) is 4.83. The van der Waals surface area contributed by atoms with Gasteiger partial charge in [-0.05, 0) is 67.1 Å². The van der Waals surface area contributed by atoms with E-state index in [0.29, 0.717) is 23.6 Å². The quantitative estimate of drug-likeness (QED) is 0.526. The van der Waals surface area contributed by atoms with Crippen LogP contribution in [0.25, 0.3) is 0 Å². The van der Waals surface area contributed by atoms with E-state index in [2.05, 4.69) is 5.32 Å². The highest BCUT2D eigenvalue weighted by Crippen LogP contribution is 2.31. The minimum Gasteiger partial charge on any atom is -0.494 e. The number of hydrogen-bond donors (Lipinski definition) is 1. The highest BCUT2D eigenvalue weighted by atomic mass is 19.4. The molecule has 0 aliphatic carbocycles. The van der Waals surface area contributed by atoms with Crippen LogP contribution in [0.1, 0.15) is 49.1 Å². The summed E-state index contributed by atoms with van der Waals surface area (Å²) >= 11 is 0. The summed E-state index contributed by atoms with van der Waals surface area (Å²) in [6.45, 7) is 2.32. The Morgan fingerprint density at radius 1 is 0.912 bits per heavy atom. The van der Waals surface area contributed by atoms with E-state index >= 15 is 0 Å². The van der Waals surface area contributed by atoms with Crippen molar-refractivity contribution in [3.63, 3.8) is 0 Å². The Bertz CT molecular complexity index is 1250. The number of imide groups is 1. The summed E-state index contributed by atoms with van der Waals surface area (Å²) in [6.07, 6.45) is -4.44. The number of anilines is 1. The number of amides is 3. The monoisotopic (exact) mass is 468 g/mol. The Morgan fingerprint density at radius 3 is 2.18 bits per heavy atom. The predicted molar refractivity (Wildman–Crippen MR) is 118 cm³/mol. The first-order valence-electron chi connectivity index (χ1n) is 10.4. The number of ether oxygens (including phenoxy) is 1. The van der Waals surface area contributed by atoms with Gasteiger partial charge in [0.15, 0.2) is 0 Å². The maximum Gasteiger partial charge on any atom is 0.416 e. The van der Waals surface area contributed by atoms with Crippen LogP contribution in [0.2, 0.25) is 0 Å². The second kappa shape index (κ2) is 9.01. The molecule has 0 radical (unpaired) electrons. The van der Waals surface area contributed by atoms with Gasteiger partial charge in [-0.3, -0.25) is 14.4 Å². The van der Waals surface area contributed by atoms with Gasteiger partial charge in [0.05, 0.1) is 29.0 Å². The number of nitrogens with one attached hydrogen (secondary N) is 1. The summed E-state index contributed by atoms with van der Waals surface area (Å²) in [4.78, 5) is 39.3. The SMILES string of the molecule is CCOc1ccc(N2C(=O)c3ccc(C(=O)NCc4ccc(C(F)(F)F)cc4)cc3C2=O)cc1. The van der Waals surface area contributed by atoms with Gasteiger partial charge in [0, 0.05) is 12.1 Å². The topological polar surface area (TPSA) is 75.7 Å². The summed E-state index contributed by atoms with van der Waals surface area (Å²) in [5.41, 5.74) is 0.513. The van der Waals surface area contributed by atoms with Gasteiger partial charge in [0.1, 0.15) is 5.75 Å². The summed E-state index contributed by atoms with van der Waals surface area (Å²) in [7, 11) is 0. The van der Waals surface area contributed by atoms with Gasteiger partial charge in [-0.15, -0.1) is 0 Å². The first-order chi connectivity index (χ1) is 16.2. The lowest BCUT2D eigenvalue weighted by Crippen LogP contribution is -2.29. The molecule has 1 aliphatic rings. The minimum atomic E-state index is -4.44. The second-order valence-electron chi connectivity index (χ2n) is 7.51. The van der Waals surface area contributed by atoms with Crippen molar-refractivity contribution in [2.45, 2.75) is 19.6 Å². The van der Waals surface area contributed by atoms with Crippen LogP contribution < -0.4 is 15.0 Å². The first kappa shape index (κ1) is 23.0. The third kappa shape index (κ3) is 4.50. The number of carbonyl (C=O) groups excluding carboxylic acids is 3. The number of fused-ring (bicyclic) bond motifs is 1. The van der Waals surface area contributed by atoms with Gasteiger partial charge in [0.2, 0.25) is 0 Å². The molecule has 1 heterocycles. The summed E-state index contributed by atoms with van der Waals surface area (Å²) < 4.78 is 43.4. The second-order valence-corrected chi connectivity index (χ2v) is 7.51. The standard InChI is InChI=1S/C25H19F3N2O4/c1-2-34-19-10-8-18(9-11-19)30-23(32)20-12-5-16(13-21(20)24(30)33)22(31)29-14-15-3-6-17(7-4-15)25(26,27)28/h3-13H,2,14H2,1H3,(H,29,31). The Morgan fingerprint density at radius 2 is 1.56 bits per heavy atom. The Labute approximate surface area is 192 Å². The molecule has 0 saturated heterocycles. The molecule has 1 aliphatic heterocycles. The van der Waals surface area contributed by atoms with Gasteiger partial charge < -0.3 is 10.1 Å².